The second kappa shape index (κ2) is 7.98. The Labute approximate surface area is 155 Å². The number of nitrogens with zero attached hydrogens (tertiary/aromatic N) is 4. The molecule has 0 aliphatic heterocycles. The summed E-state index contributed by atoms with van der Waals surface area (Å²) < 4.78 is 25.7. The number of methoxy groups -OCH3 is 1. The highest BCUT2D eigenvalue weighted by Crippen LogP contribution is 2.21. The number of nitrogens with two attached hydrogens (primary N) is 1. The van der Waals surface area contributed by atoms with Crippen LogP contribution in [-0.2, 0) is 11.3 Å². The number of aromatic nitrogens is 4. The van der Waals surface area contributed by atoms with Gasteiger partial charge in [-0.15, -0.1) is 0 Å². The number of halogens is 1. The zero-order chi connectivity index (χ0) is 19.4. The first kappa shape index (κ1) is 18.6. The first-order chi connectivity index (χ1) is 13.0. The topological polar surface area (TPSA) is 105 Å². The third-order valence-corrected chi connectivity index (χ3v) is 3.99. The van der Waals surface area contributed by atoms with Crippen molar-refractivity contribution in [3.8, 4) is 6.01 Å². The fourth-order valence-corrected chi connectivity index (χ4v) is 2.57. The molecular weight excluding hydrogens is 353 g/mol. The van der Waals surface area contributed by atoms with E-state index >= 15 is 0 Å². The molecule has 0 amide bonds. The van der Waals surface area contributed by atoms with Crippen molar-refractivity contribution in [3.05, 3.63) is 41.5 Å². The van der Waals surface area contributed by atoms with Crippen molar-refractivity contribution in [1.82, 2.24) is 19.5 Å². The predicted octanol–water partition coefficient (Wildman–Crippen LogP) is 2.56. The Kier molecular flexibility index (Phi) is 5.49. The van der Waals surface area contributed by atoms with Crippen LogP contribution in [0.1, 0.15) is 35.7 Å². The smallest absolute Gasteiger partial charge is 0.340 e. The van der Waals surface area contributed by atoms with E-state index in [4.69, 9.17) is 10.5 Å². The summed E-state index contributed by atoms with van der Waals surface area (Å²) in [4.78, 5) is 24.4. The molecule has 0 atom stereocenters. The van der Waals surface area contributed by atoms with Crippen LogP contribution in [0.2, 0.25) is 0 Å². The fraction of sp³-hybridized carbons (Fsp3) is 0.333. The van der Waals surface area contributed by atoms with Gasteiger partial charge in [0.2, 0.25) is 0 Å². The molecule has 142 valence electrons. The number of hydrogen-bond acceptors (Lipinski definition) is 7. The molecule has 0 unspecified atom stereocenters. The van der Waals surface area contributed by atoms with Gasteiger partial charge >= 0.3 is 12.0 Å². The molecule has 27 heavy (non-hydrogen) atoms. The number of benzene rings is 1. The normalized spacial score (nSPS) is 10.9. The minimum atomic E-state index is -0.733. The molecule has 1 aromatic carbocycles. The Morgan fingerprint density at radius 1 is 1.33 bits per heavy atom. The number of unbranched alkanes of at least 4 members (excludes halogenated alkanes) is 1. The van der Waals surface area contributed by atoms with E-state index in [1.54, 1.807) is 17.0 Å². The third-order valence-electron chi connectivity index (χ3n) is 3.99. The zero-order valence-corrected chi connectivity index (χ0v) is 15.1. The van der Waals surface area contributed by atoms with E-state index in [1.807, 2.05) is 0 Å². The number of anilines is 1. The summed E-state index contributed by atoms with van der Waals surface area (Å²) in [7, 11) is 1.21. The molecule has 2 heterocycles. The molecule has 0 bridgehead atoms. The lowest BCUT2D eigenvalue weighted by Crippen LogP contribution is -2.08. The van der Waals surface area contributed by atoms with Gasteiger partial charge in [0, 0.05) is 0 Å². The van der Waals surface area contributed by atoms with Gasteiger partial charge in [-0.2, -0.15) is 9.97 Å². The quantitative estimate of drug-likeness (QED) is 0.501. The van der Waals surface area contributed by atoms with Crippen LogP contribution in [0.5, 0.6) is 6.01 Å². The SMILES string of the molecule is CCCCOc1nc(N)c2ncn(Cc3ccc(F)c(C(=O)OC)c3)c2n1. The number of fused-ring (bicyclic) bond motifs is 1. The van der Waals surface area contributed by atoms with Crippen molar-refractivity contribution >= 4 is 23.0 Å². The first-order valence-electron chi connectivity index (χ1n) is 8.51. The van der Waals surface area contributed by atoms with Crippen molar-refractivity contribution in [2.45, 2.75) is 26.3 Å². The Hall–Kier alpha value is -3.23. The molecule has 0 radical (unpaired) electrons. The fourth-order valence-electron chi connectivity index (χ4n) is 2.57. The van der Waals surface area contributed by atoms with Crippen LogP contribution in [0.25, 0.3) is 11.2 Å². The number of hydrogen-bond donors (Lipinski definition) is 1. The van der Waals surface area contributed by atoms with E-state index in [1.165, 1.54) is 19.2 Å². The average Bonchev–Trinajstić information content (AvgIpc) is 3.06. The molecule has 3 aromatic rings. The predicted molar refractivity (Wildman–Crippen MR) is 97.0 cm³/mol. The molecule has 0 spiro atoms. The van der Waals surface area contributed by atoms with Gasteiger partial charge in [-0.1, -0.05) is 19.4 Å². The van der Waals surface area contributed by atoms with E-state index in [2.05, 4.69) is 26.6 Å². The lowest BCUT2D eigenvalue weighted by atomic mass is 10.1. The highest BCUT2D eigenvalue weighted by molar-refractivity contribution is 5.89. The largest absolute Gasteiger partial charge is 0.465 e. The van der Waals surface area contributed by atoms with Gasteiger partial charge < -0.3 is 19.8 Å². The highest BCUT2D eigenvalue weighted by Gasteiger charge is 2.15. The number of esters is 1. The van der Waals surface area contributed by atoms with Crippen molar-refractivity contribution in [2.75, 3.05) is 19.5 Å². The molecule has 0 aliphatic rings. The van der Waals surface area contributed by atoms with Crippen LogP contribution in [0.15, 0.2) is 24.5 Å². The zero-order valence-electron chi connectivity index (χ0n) is 15.1. The monoisotopic (exact) mass is 373 g/mol. The summed E-state index contributed by atoms with van der Waals surface area (Å²) in [6.45, 7) is 2.86. The molecular formula is C18H20FN5O3. The molecule has 8 nitrogen and oxygen atoms in total. The summed E-state index contributed by atoms with van der Waals surface area (Å²) in [6, 6.07) is 4.43. The van der Waals surface area contributed by atoms with Gasteiger partial charge in [-0.05, 0) is 24.1 Å². The van der Waals surface area contributed by atoms with Crippen molar-refractivity contribution in [1.29, 1.82) is 0 Å². The van der Waals surface area contributed by atoms with Gasteiger partial charge in [-0.25, -0.2) is 14.2 Å². The first-order valence-corrected chi connectivity index (χ1v) is 8.51. The molecule has 3 rings (SSSR count). The van der Waals surface area contributed by atoms with Gasteiger partial charge in [0.25, 0.3) is 0 Å². The number of ether oxygens (including phenoxy) is 2. The number of imidazole rings is 1. The minimum Gasteiger partial charge on any atom is -0.465 e. The summed E-state index contributed by atoms with van der Waals surface area (Å²) in [5.41, 5.74) is 7.46. The van der Waals surface area contributed by atoms with Crippen LogP contribution < -0.4 is 10.5 Å². The number of carbonyl (C=O) groups is 1. The van der Waals surface area contributed by atoms with Crippen LogP contribution in [-0.4, -0.2) is 39.2 Å². The number of carbonyl (C=O) groups excluding carboxylic acids is 1. The van der Waals surface area contributed by atoms with E-state index in [-0.39, 0.29) is 17.4 Å². The number of nitrogen functional groups attached to an aromatic ring is 1. The lowest BCUT2D eigenvalue weighted by molar-refractivity contribution is 0.0595. The maximum absolute atomic E-state index is 13.8. The molecule has 2 aromatic heterocycles. The summed E-state index contributed by atoms with van der Waals surface area (Å²) in [6.07, 6.45) is 3.43. The van der Waals surface area contributed by atoms with E-state index < -0.39 is 11.8 Å². The summed E-state index contributed by atoms with van der Waals surface area (Å²) in [5, 5.41) is 0. The Morgan fingerprint density at radius 2 is 2.15 bits per heavy atom. The molecule has 0 aliphatic carbocycles. The van der Waals surface area contributed by atoms with Crippen LogP contribution in [0.3, 0.4) is 0 Å². The van der Waals surface area contributed by atoms with Crippen LogP contribution >= 0.6 is 0 Å². The summed E-state index contributed by atoms with van der Waals surface area (Å²) in [5.74, 6) is -1.15. The average molecular weight is 373 g/mol. The third kappa shape index (κ3) is 3.97. The highest BCUT2D eigenvalue weighted by atomic mass is 19.1. The van der Waals surface area contributed by atoms with Crippen LogP contribution in [0.4, 0.5) is 10.2 Å². The molecule has 9 heteroatoms. The second-order valence-electron chi connectivity index (χ2n) is 5.94. The second-order valence-corrected chi connectivity index (χ2v) is 5.94. The van der Waals surface area contributed by atoms with Crippen molar-refractivity contribution < 1.29 is 18.7 Å². The van der Waals surface area contributed by atoms with Crippen molar-refractivity contribution in [2.24, 2.45) is 0 Å². The van der Waals surface area contributed by atoms with E-state index in [0.717, 1.165) is 12.8 Å². The molecule has 2 N–H and O–H groups in total. The lowest BCUT2D eigenvalue weighted by Gasteiger charge is -2.08. The van der Waals surface area contributed by atoms with Crippen molar-refractivity contribution in [3.63, 3.8) is 0 Å². The van der Waals surface area contributed by atoms with E-state index in [0.29, 0.717) is 29.9 Å². The Balaban J connectivity index is 1.92. The maximum Gasteiger partial charge on any atom is 0.340 e. The molecule has 0 saturated heterocycles. The van der Waals surface area contributed by atoms with Gasteiger partial charge in [0.15, 0.2) is 17.0 Å². The molecule has 0 saturated carbocycles. The standard InChI is InChI=1S/C18H20FN5O3/c1-3-4-7-27-18-22-15(20)14-16(23-18)24(10-21-14)9-11-5-6-13(19)12(8-11)17(25)26-2/h5-6,8,10H,3-4,7,9H2,1-2H3,(H2,20,22,23). The minimum absolute atomic E-state index is 0.128. The summed E-state index contributed by atoms with van der Waals surface area (Å²) >= 11 is 0. The maximum atomic E-state index is 13.8. The van der Waals surface area contributed by atoms with Crippen LogP contribution in [0, 0.1) is 5.82 Å². The molecule has 0 fully saturated rings. The Morgan fingerprint density at radius 3 is 2.89 bits per heavy atom. The Bertz CT molecular complexity index is 973. The van der Waals surface area contributed by atoms with Gasteiger partial charge in [-0.3, -0.25) is 0 Å². The number of rotatable bonds is 7. The van der Waals surface area contributed by atoms with Gasteiger partial charge in [0.1, 0.15) is 5.82 Å². The van der Waals surface area contributed by atoms with Gasteiger partial charge in [0.05, 0.1) is 32.2 Å². The van der Waals surface area contributed by atoms with E-state index in [9.17, 15) is 9.18 Å².